The van der Waals surface area contributed by atoms with Crippen molar-refractivity contribution in [1.82, 2.24) is 14.7 Å². The third-order valence-electron chi connectivity index (χ3n) is 4.87. The number of nitrogens with zero attached hydrogens (tertiary/aromatic N) is 3. The van der Waals surface area contributed by atoms with Crippen molar-refractivity contribution in [1.29, 1.82) is 0 Å². The van der Waals surface area contributed by atoms with Gasteiger partial charge in [-0.25, -0.2) is 0 Å². The maximum atomic E-state index is 6.64. The highest BCUT2D eigenvalue weighted by molar-refractivity contribution is 9.10. The van der Waals surface area contributed by atoms with Gasteiger partial charge in [-0.3, -0.25) is 9.58 Å². The van der Waals surface area contributed by atoms with Gasteiger partial charge in [-0.2, -0.15) is 5.10 Å². The Balaban J connectivity index is 3.05. The van der Waals surface area contributed by atoms with Crippen molar-refractivity contribution in [2.75, 3.05) is 13.1 Å². The molecule has 4 nitrogen and oxygen atoms in total. The van der Waals surface area contributed by atoms with Crippen LogP contribution in [0.1, 0.15) is 52.4 Å². The highest BCUT2D eigenvalue weighted by Crippen LogP contribution is 2.28. The van der Waals surface area contributed by atoms with E-state index in [2.05, 4.69) is 65.2 Å². The summed E-state index contributed by atoms with van der Waals surface area (Å²) in [7, 11) is 0. The van der Waals surface area contributed by atoms with E-state index in [4.69, 9.17) is 5.73 Å². The standard InChI is InChI=1S/C16H31BrN4/c1-7-16(6,20(8-2)9-3)14(18)11-13-15(17)12(5)19-21(13)10-4/h14H,7-11,18H2,1-6H3. The van der Waals surface area contributed by atoms with Crippen LogP contribution in [0, 0.1) is 6.92 Å². The van der Waals surface area contributed by atoms with Gasteiger partial charge in [0.25, 0.3) is 0 Å². The molecule has 1 aromatic rings. The van der Waals surface area contributed by atoms with E-state index in [1.165, 1.54) is 5.69 Å². The Morgan fingerprint density at radius 2 is 1.86 bits per heavy atom. The van der Waals surface area contributed by atoms with Gasteiger partial charge in [0.15, 0.2) is 0 Å². The van der Waals surface area contributed by atoms with E-state index >= 15 is 0 Å². The zero-order valence-electron chi connectivity index (χ0n) is 14.4. The molecule has 21 heavy (non-hydrogen) atoms. The molecule has 0 bridgehead atoms. The van der Waals surface area contributed by atoms with E-state index in [1.807, 2.05) is 6.92 Å². The Morgan fingerprint density at radius 3 is 2.29 bits per heavy atom. The van der Waals surface area contributed by atoms with Crippen molar-refractivity contribution in [2.45, 2.75) is 72.5 Å². The van der Waals surface area contributed by atoms with Crippen LogP contribution in [0.15, 0.2) is 4.47 Å². The second-order valence-electron chi connectivity index (χ2n) is 5.86. The lowest BCUT2D eigenvalue weighted by molar-refractivity contribution is 0.0837. The minimum absolute atomic E-state index is 0.0136. The summed E-state index contributed by atoms with van der Waals surface area (Å²) in [5, 5.41) is 4.58. The maximum absolute atomic E-state index is 6.64. The summed E-state index contributed by atoms with van der Waals surface area (Å²) in [6.45, 7) is 16.0. The van der Waals surface area contributed by atoms with Crippen LogP contribution in [0.5, 0.6) is 0 Å². The minimum Gasteiger partial charge on any atom is -0.326 e. The fourth-order valence-electron chi connectivity index (χ4n) is 3.16. The second-order valence-corrected chi connectivity index (χ2v) is 6.65. The summed E-state index contributed by atoms with van der Waals surface area (Å²) in [6.07, 6.45) is 1.89. The van der Waals surface area contributed by atoms with E-state index < -0.39 is 0 Å². The molecule has 0 amide bonds. The van der Waals surface area contributed by atoms with Crippen molar-refractivity contribution in [3.63, 3.8) is 0 Å². The predicted molar refractivity (Wildman–Crippen MR) is 93.6 cm³/mol. The maximum Gasteiger partial charge on any atom is 0.0738 e. The number of hydrogen-bond acceptors (Lipinski definition) is 3. The van der Waals surface area contributed by atoms with Crippen LogP contribution >= 0.6 is 15.9 Å². The molecule has 0 radical (unpaired) electrons. The summed E-state index contributed by atoms with van der Waals surface area (Å²) in [6, 6.07) is 0.0834. The van der Waals surface area contributed by atoms with Crippen LogP contribution in [-0.4, -0.2) is 39.4 Å². The van der Waals surface area contributed by atoms with Crippen molar-refractivity contribution in [3.05, 3.63) is 15.9 Å². The number of rotatable bonds is 8. The van der Waals surface area contributed by atoms with Crippen LogP contribution in [0.4, 0.5) is 0 Å². The first-order valence-electron chi connectivity index (χ1n) is 8.07. The van der Waals surface area contributed by atoms with E-state index in [9.17, 15) is 0 Å². The van der Waals surface area contributed by atoms with Crippen LogP contribution in [-0.2, 0) is 13.0 Å². The fraction of sp³-hybridized carbons (Fsp3) is 0.812. The smallest absolute Gasteiger partial charge is 0.0738 e. The van der Waals surface area contributed by atoms with Crippen molar-refractivity contribution in [2.24, 2.45) is 5.73 Å². The van der Waals surface area contributed by atoms with Crippen LogP contribution in [0.25, 0.3) is 0 Å². The quantitative estimate of drug-likeness (QED) is 0.774. The molecule has 1 rings (SSSR count). The lowest BCUT2D eigenvalue weighted by atomic mass is 9.85. The third-order valence-corrected chi connectivity index (χ3v) is 5.90. The molecule has 1 heterocycles. The molecule has 0 saturated heterocycles. The van der Waals surface area contributed by atoms with Crippen LogP contribution in [0.2, 0.25) is 0 Å². The van der Waals surface area contributed by atoms with Gasteiger partial charge < -0.3 is 5.73 Å². The fourth-order valence-corrected chi connectivity index (χ4v) is 3.60. The molecule has 2 N–H and O–H groups in total. The summed E-state index contributed by atoms with van der Waals surface area (Å²) in [5.41, 5.74) is 8.92. The lowest BCUT2D eigenvalue weighted by Crippen LogP contribution is -2.58. The highest BCUT2D eigenvalue weighted by atomic mass is 79.9. The topological polar surface area (TPSA) is 47.1 Å². The SMILES string of the molecule is CCN(CC)C(C)(CC)C(N)Cc1c(Br)c(C)nn1CC. The van der Waals surface area contributed by atoms with E-state index in [1.54, 1.807) is 0 Å². The first kappa shape index (κ1) is 18.7. The van der Waals surface area contributed by atoms with Gasteiger partial charge in [-0.15, -0.1) is 0 Å². The Morgan fingerprint density at radius 1 is 1.29 bits per heavy atom. The van der Waals surface area contributed by atoms with Gasteiger partial charge in [0.2, 0.25) is 0 Å². The van der Waals surface area contributed by atoms with Crippen molar-refractivity contribution >= 4 is 15.9 Å². The molecule has 0 spiro atoms. The summed E-state index contributed by atoms with van der Waals surface area (Å²) >= 11 is 3.68. The van der Waals surface area contributed by atoms with Crippen molar-refractivity contribution in [3.8, 4) is 0 Å². The van der Waals surface area contributed by atoms with E-state index in [-0.39, 0.29) is 11.6 Å². The Bertz CT molecular complexity index is 453. The number of nitrogens with two attached hydrogens (primary N) is 1. The largest absolute Gasteiger partial charge is 0.326 e. The number of aromatic nitrogens is 2. The molecule has 2 atom stereocenters. The molecule has 122 valence electrons. The number of likely N-dealkylation sites (N-methyl/N-ethyl adjacent to an activating group) is 1. The predicted octanol–water partition coefficient (Wildman–Crippen LogP) is 3.35. The molecule has 0 aromatic carbocycles. The monoisotopic (exact) mass is 358 g/mol. The molecular weight excluding hydrogens is 328 g/mol. The molecule has 2 unspecified atom stereocenters. The van der Waals surface area contributed by atoms with Gasteiger partial charge in [0, 0.05) is 24.5 Å². The first-order chi connectivity index (χ1) is 9.85. The molecular formula is C16H31BrN4. The molecule has 0 fully saturated rings. The van der Waals surface area contributed by atoms with Gasteiger partial charge in [-0.1, -0.05) is 20.8 Å². The molecule has 0 aliphatic heterocycles. The Kier molecular flexibility index (Phi) is 6.88. The number of halogens is 1. The lowest BCUT2D eigenvalue weighted by Gasteiger charge is -2.44. The highest BCUT2D eigenvalue weighted by Gasteiger charge is 2.35. The normalized spacial score (nSPS) is 16.2. The second kappa shape index (κ2) is 7.75. The molecule has 5 heteroatoms. The number of aryl methyl sites for hydroxylation is 2. The average Bonchev–Trinajstić information content (AvgIpc) is 2.75. The van der Waals surface area contributed by atoms with Gasteiger partial charge in [0.05, 0.1) is 15.9 Å². The molecule has 0 saturated carbocycles. The average molecular weight is 359 g/mol. The molecule has 0 aliphatic rings. The zero-order chi connectivity index (χ0) is 16.2. The number of hydrogen-bond donors (Lipinski definition) is 1. The zero-order valence-corrected chi connectivity index (χ0v) is 16.0. The van der Waals surface area contributed by atoms with Crippen LogP contribution in [0.3, 0.4) is 0 Å². The summed E-state index contributed by atoms with van der Waals surface area (Å²) < 4.78 is 3.18. The summed E-state index contributed by atoms with van der Waals surface area (Å²) in [5.74, 6) is 0. The van der Waals surface area contributed by atoms with E-state index in [0.717, 1.165) is 42.6 Å². The van der Waals surface area contributed by atoms with Gasteiger partial charge in [-0.05, 0) is 56.2 Å². The Hall–Kier alpha value is -0.390. The van der Waals surface area contributed by atoms with Crippen LogP contribution < -0.4 is 5.73 Å². The van der Waals surface area contributed by atoms with E-state index in [0.29, 0.717) is 0 Å². The third kappa shape index (κ3) is 3.69. The van der Waals surface area contributed by atoms with Gasteiger partial charge >= 0.3 is 0 Å². The van der Waals surface area contributed by atoms with Crippen molar-refractivity contribution < 1.29 is 0 Å². The van der Waals surface area contributed by atoms with Gasteiger partial charge in [0.1, 0.15) is 0 Å². The summed E-state index contributed by atoms with van der Waals surface area (Å²) in [4.78, 5) is 2.48. The molecule has 1 aromatic heterocycles. The first-order valence-corrected chi connectivity index (χ1v) is 8.87. The molecule has 0 aliphatic carbocycles. The minimum atomic E-state index is 0.0136. The Labute approximate surface area is 138 Å².